The van der Waals surface area contributed by atoms with E-state index in [2.05, 4.69) is 21.2 Å². The van der Waals surface area contributed by atoms with E-state index in [1.54, 1.807) is 12.1 Å². The molecule has 1 aliphatic heterocycles. The lowest BCUT2D eigenvalue weighted by atomic mass is 10.1. The summed E-state index contributed by atoms with van der Waals surface area (Å²) < 4.78 is 18.7. The molecule has 0 aliphatic carbocycles. The largest absolute Gasteiger partial charge is 0.492 e. The van der Waals surface area contributed by atoms with Crippen LogP contribution in [0.4, 0.5) is 10.1 Å². The number of carbonyl (C=O) groups excluding carboxylic acids is 1. The molecule has 0 saturated carbocycles. The minimum absolute atomic E-state index is 0.0373. The summed E-state index contributed by atoms with van der Waals surface area (Å²) in [6.07, 6.45) is 0.695. The number of para-hydroxylation sites is 2. The number of nitrogens with zero attached hydrogens (tertiary/aromatic N) is 2. The van der Waals surface area contributed by atoms with Gasteiger partial charge in [-0.3, -0.25) is 9.69 Å². The zero-order valence-corrected chi connectivity index (χ0v) is 17.2. The average Bonchev–Trinajstić information content (AvgIpc) is 2.75. The van der Waals surface area contributed by atoms with Crippen LogP contribution in [0, 0.1) is 5.82 Å². The molecule has 1 saturated heterocycles. The SMILES string of the molecule is CCOc1ccccc1N1CCN([C@H](C)C(=O)NCCc2ccc(F)cc2)CC1. The summed E-state index contributed by atoms with van der Waals surface area (Å²) in [5.74, 6) is 0.708. The molecule has 0 spiro atoms. The summed E-state index contributed by atoms with van der Waals surface area (Å²) in [4.78, 5) is 17.1. The molecule has 0 unspecified atom stereocenters. The second kappa shape index (κ2) is 10.3. The molecule has 0 radical (unpaired) electrons. The molecule has 0 bridgehead atoms. The van der Waals surface area contributed by atoms with Crippen LogP contribution in [0.25, 0.3) is 0 Å². The van der Waals surface area contributed by atoms with Crippen molar-refractivity contribution in [2.24, 2.45) is 0 Å². The van der Waals surface area contributed by atoms with Crippen LogP contribution < -0.4 is 15.0 Å². The highest BCUT2D eigenvalue weighted by molar-refractivity contribution is 5.81. The number of carbonyl (C=O) groups is 1. The normalized spacial score (nSPS) is 15.8. The lowest BCUT2D eigenvalue weighted by Crippen LogP contribution is -2.54. The van der Waals surface area contributed by atoms with Gasteiger partial charge in [0, 0.05) is 32.7 Å². The molecule has 1 amide bonds. The van der Waals surface area contributed by atoms with Crippen molar-refractivity contribution >= 4 is 11.6 Å². The Morgan fingerprint density at radius 1 is 1.10 bits per heavy atom. The first-order chi connectivity index (χ1) is 14.1. The van der Waals surface area contributed by atoms with Crippen LogP contribution in [0.2, 0.25) is 0 Å². The van der Waals surface area contributed by atoms with E-state index in [0.717, 1.165) is 43.2 Å². The first kappa shape index (κ1) is 21.1. The molecule has 1 heterocycles. The number of ether oxygens (including phenoxy) is 1. The van der Waals surface area contributed by atoms with E-state index in [-0.39, 0.29) is 17.8 Å². The summed E-state index contributed by atoms with van der Waals surface area (Å²) in [5.41, 5.74) is 2.13. The van der Waals surface area contributed by atoms with E-state index in [4.69, 9.17) is 4.74 Å². The number of anilines is 1. The van der Waals surface area contributed by atoms with Crippen LogP contribution in [0.5, 0.6) is 5.75 Å². The fourth-order valence-electron chi connectivity index (χ4n) is 3.64. The molecule has 1 atom stereocenters. The molecule has 2 aromatic rings. The molecule has 1 N–H and O–H groups in total. The first-order valence-electron chi connectivity index (χ1n) is 10.3. The zero-order chi connectivity index (χ0) is 20.6. The van der Waals surface area contributed by atoms with E-state index in [0.29, 0.717) is 19.6 Å². The maximum absolute atomic E-state index is 13.0. The van der Waals surface area contributed by atoms with Gasteiger partial charge in [0.2, 0.25) is 5.91 Å². The third kappa shape index (κ3) is 5.70. The molecule has 6 heteroatoms. The quantitative estimate of drug-likeness (QED) is 0.741. The Balaban J connectivity index is 1.46. The number of hydrogen-bond acceptors (Lipinski definition) is 4. The van der Waals surface area contributed by atoms with Crippen molar-refractivity contribution in [1.29, 1.82) is 0 Å². The van der Waals surface area contributed by atoms with Gasteiger partial charge in [0.05, 0.1) is 18.3 Å². The van der Waals surface area contributed by atoms with Gasteiger partial charge in [-0.1, -0.05) is 24.3 Å². The highest BCUT2D eigenvalue weighted by atomic mass is 19.1. The lowest BCUT2D eigenvalue weighted by molar-refractivity contribution is -0.125. The number of nitrogens with one attached hydrogen (secondary N) is 1. The lowest BCUT2D eigenvalue weighted by Gasteiger charge is -2.39. The van der Waals surface area contributed by atoms with Crippen molar-refractivity contribution in [2.45, 2.75) is 26.3 Å². The van der Waals surface area contributed by atoms with Crippen LogP contribution in [0.3, 0.4) is 0 Å². The van der Waals surface area contributed by atoms with Gasteiger partial charge in [-0.15, -0.1) is 0 Å². The van der Waals surface area contributed by atoms with Crippen molar-refractivity contribution in [3.05, 3.63) is 59.9 Å². The Hall–Kier alpha value is -2.60. The second-order valence-corrected chi connectivity index (χ2v) is 7.27. The summed E-state index contributed by atoms with van der Waals surface area (Å²) in [6, 6.07) is 14.3. The Morgan fingerprint density at radius 3 is 2.48 bits per heavy atom. The first-order valence-corrected chi connectivity index (χ1v) is 10.3. The third-order valence-electron chi connectivity index (χ3n) is 5.37. The predicted molar refractivity (Wildman–Crippen MR) is 114 cm³/mol. The van der Waals surface area contributed by atoms with E-state index in [1.807, 2.05) is 32.0 Å². The van der Waals surface area contributed by atoms with Gasteiger partial charge in [-0.2, -0.15) is 0 Å². The van der Waals surface area contributed by atoms with Gasteiger partial charge < -0.3 is 15.0 Å². The highest BCUT2D eigenvalue weighted by Crippen LogP contribution is 2.29. The van der Waals surface area contributed by atoms with Gasteiger partial charge in [0.1, 0.15) is 11.6 Å². The molecule has 3 rings (SSSR count). The molecule has 29 heavy (non-hydrogen) atoms. The Bertz CT molecular complexity index is 789. The zero-order valence-electron chi connectivity index (χ0n) is 17.2. The fourth-order valence-corrected chi connectivity index (χ4v) is 3.64. The molecule has 1 aliphatic rings. The maximum Gasteiger partial charge on any atom is 0.237 e. The number of halogens is 1. The van der Waals surface area contributed by atoms with Crippen LogP contribution in [-0.4, -0.2) is 56.2 Å². The fraction of sp³-hybridized carbons (Fsp3) is 0.435. The van der Waals surface area contributed by atoms with Crippen LogP contribution >= 0.6 is 0 Å². The smallest absolute Gasteiger partial charge is 0.237 e. The van der Waals surface area contributed by atoms with E-state index < -0.39 is 0 Å². The summed E-state index contributed by atoms with van der Waals surface area (Å²) in [6.45, 7) is 8.51. The van der Waals surface area contributed by atoms with E-state index >= 15 is 0 Å². The van der Waals surface area contributed by atoms with Crippen LogP contribution in [-0.2, 0) is 11.2 Å². The van der Waals surface area contributed by atoms with Crippen molar-refractivity contribution in [2.75, 3.05) is 44.2 Å². The molecule has 1 fully saturated rings. The molecule has 5 nitrogen and oxygen atoms in total. The summed E-state index contributed by atoms with van der Waals surface area (Å²) in [5, 5.41) is 3.00. The summed E-state index contributed by atoms with van der Waals surface area (Å²) in [7, 11) is 0. The van der Waals surface area contributed by atoms with Crippen molar-refractivity contribution < 1.29 is 13.9 Å². The molecule has 156 valence electrons. The average molecular weight is 400 g/mol. The van der Waals surface area contributed by atoms with E-state index in [9.17, 15) is 9.18 Å². The van der Waals surface area contributed by atoms with Crippen molar-refractivity contribution in [3.63, 3.8) is 0 Å². The van der Waals surface area contributed by atoms with Gasteiger partial charge in [0.15, 0.2) is 0 Å². The number of hydrogen-bond donors (Lipinski definition) is 1. The number of amides is 1. The number of benzene rings is 2. The maximum atomic E-state index is 13.0. The highest BCUT2D eigenvalue weighted by Gasteiger charge is 2.26. The van der Waals surface area contributed by atoms with Gasteiger partial charge in [0.25, 0.3) is 0 Å². The second-order valence-electron chi connectivity index (χ2n) is 7.27. The van der Waals surface area contributed by atoms with Crippen molar-refractivity contribution in [1.82, 2.24) is 10.2 Å². The van der Waals surface area contributed by atoms with Gasteiger partial charge in [-0.25, -0.2) is 4.39 Å². The third-order valence-corrected chi connectivity index (χ3v) is 5.37. The van der Waals surface area contributed by atoms with E-state index in [1.165, 1.54) is 12.1 Å². The number of piperazine rings is 1. The van der Waals surface area contributed by atoms with Crippen LogP contribution in [0.15, 0.2) is 48.5 Å². The number of rotatable bonds is 8. The van der Waals surface area contributed by atoms with Crippen molar-refractivity contribution in [3.8, 4) is 5.75 Å². The predicted octanol–water partition coefficient (Wildman–Crippen LogP) is 3.09. The van der Waals surface area contributed by atoms with Crippen LogP contribution in [0.1, 0.15) is 19.4 Å². The molecule has 0 aromatic heterocycles. The standard InChI is InChI=1S/C23H30FN3O2/c1-3-29-22-7-5-4-6-21(22)27-16-14-26(15-17-27)18(2)23(28)25-13-12-19-8-10-20(24)11-9-19/h4-11,18H,3,12-17H2,1-2H3,(H,25,28)/t18-/m1/s1. The molecule has 2 aromatic carbocycles. The molecular formula is C23H30FN3O2. The Morgan fingerprint density at radius 2 is 1.79 bits per heavy atom. The minimum atomic E-state index is -0.241. The molecular weight excluding hydrogens is 369 g/mol. The van der Waals surface area contributed by atoms with Gasteiger partial charge in [-0.05, 0) is 50.1 Å². The topological polar surface area (TPSA) is 44.8 Å². The summed E-state index contributed by atoms with van der Waals surface area (Å²) >= 11 is 0. The Labute approximate surface area is 172 Å². The monoisotopic (exact) mass is 399 g/mol. The minimum Gasteiger partial charge on any atom is -0.492 e. The Kier molecular flexibility index (Phi) is 7.47. The van der Waals surface area contributed by atoms with Gasteiger partial charge >= 0.3 is 0 Å².